The number of benzene rings is 1. The second kappa shape index (κ2) is 13.2. The smallest absolute Gasteiger partial charge is 0.0389 e. The molecule has 0 aliphatic rings. The van der Waals surface area contributed by atoms with E-state index in [0.717, 1.165) is 13.1 Å². The van der Waals surface area contributed by atoms with E-state index in [-0.39, 0.29) is 0 Å². The van der Waals surface area contributed by atoms with Gasteiger partial charge in [0, 0.05) is 13.1 Å². The van der Waals surface area contributed by atoms with Crippen molar-refractivity contribution in [3.05, 3.63) is 35.9 Å². The fourth-order valence-corrected chi connectivity index (χ4v) is 2.89. The molecule has 0 saturated heterocycles. The van der Waals surface area contributed by atoms with Crippen LogP contribution in [0.1, 0.15) is 76.7 Å². The third-order valence-corrected chi connectivity index (χ3v) is 4.24. The lowest BCUT2D eigenvalue weighted by Crippen LogP contribution is -2.13. The third kappa shape index (κ3) is 10.8. The van der Waals surface area contributed by atoms with Gasteiger partial charge in [-0.2, -0.15) is 0 Å². The van der Waals surface area contributed by atoms with Crippen LogP contribution in [0.3, 0.4) is 0 Å². The first-order chi connectivity index (χ1) is 10.3. The summed E-state index contributed by atoms with van der Waals surface area (Å²) in [6.07, 6.45) is 13.7. The van der Waals surface area contributed by atoms with Crippen LogP contribution in [0.15, 0.2) is 30.3 Å². The lowest BCUT2D eigenvalue weighted by Gasteiger charge is -2.13. The summed E-state index contributed by atoms with van der Waals surface area (Å²) in [5, 5.41) is 0. The Balaban J connectivity index is 1.87. The van der Waals surface area contributed by atoms with E-state index in [0.29, 0.717) is 0 Å². The zero-order valence-electron chi connectivity index (χ0n) is 13.7. The van der Waals surface area contributed by atoms with Crippen molar-refractivity contribution < 1.29 is 0 Å². The lowest BCUT2D eigenvalue weighted by atomic mass is 10.1. The summed E-state index contributed by atoms with van der Waals surface area (Å²) >= 11 is 6.26. The number of hydrogen-bond donors (Lipinski definition) is 0. The maximum Gasteiger partial charge on any atom is 0.0389 e. The minimum atomic E-state index is 0.847. The molecule has 1 aromatic rings. The maximum absolute atomic E-state index is 6.26. The minimum absolute atomic E-state index is 0.847. The summed E-state index contributed by atoms with van der Waals surface area (Å²) in [6, 6.07) is 10.5. The van der Waals surface area contributed by atoms with Crippen molar-refractivity contribution in [2.24, 2.45) is 0 Å². The summed E-state index contributed by atoms with van der Waals surface area (Å²) in [5.74, 6) is 0. The Kier molecular flexibility index (Phi) is 11.6. The Morgan fingerprint density at radius 3 is 1.86 bits per heavy atom. The minimum Gasteiger partial charge on any atom is -0.216 e. The lowest BCUT2D eigenvalue weighted by molar-refractivity contribution is 0.425. The monoisotopic (exact) mass is 309 g/mol. The van der Waals surface area contributed by atoms with Crippen LogP contribution < -0.4 is 0 Å². The van der Waals surface area contributed by atoms with E-state index in [1.165, 1.54) is 69.8 Å². The largest absolute Gasteiger partial charge is 0.216 e. The van der Waals surface area contributed by atoms with Crippen molar-refractivity contribution in [1.82, 2.24) is 4.42 Å². The Labute approximate surface area is 136 Å². The summed E-state index contributed by atoms with van der Waals surface area (Å²) in [6.45, 7) is 4.12. The molecule has 0 saturated carbocycles. The molecule has 0 heterocycles. The van der Waals surface area contributed by atoms with Crippen LogP contribution in [0.2, 0.25) is 0 Å². The van der Waals surface area contributed by atoms with Crippen molar-refractivity contribution >= 4 is 11.8 Å². The standard InChI is InChI=1S/C19H32ClN/c1-2-3-4-5-6-7-8-9-10-14-17-21(20)18-19-15-12-11-13-16-19/h11-13,15-16H,2-10,14,17-18H2,1H3. The molecular formula is C19H32ClN. The van der Waals surface area contributed by atoms with Crippen LogP contribution in [-0.4, -0.2) is 11.0 Å². The van der Waals surface area contributed by atoms with Crippen LogP contribution in [-0.2, 0) is 6.54 Å². The second-order valence-electron chi connectivity index (χ2n) is 6.01. The van der Waals surface area contributed by atoms with Gasteiger partial charge in [-0.1, -0.05) is 95.0 Å². The van der Waals surface area contributed by atoms with Gasteiger partial charge in [-0.05, 0) is 23.8 Å². The van der Waals surface area contributed by atoms with Crippen LogP contribution in [0.4, 0.5) is 0 Å². The molecule has 0 aromatic heterocycles. The van der Waals surface area contributed by atoms with Gasteiger partial charge in [0.2, 0.25) is 0 Å². The molecule has 0 N–H and O–H groups in total. The first-order valence-corrected chi connectivity index (χ1v) is 9.11. The number of rotatable bonds is 13. The Morgan fingerprint density at radius 1 is 0.762 bits per heavy atom. The van der Waals surface area contributed by atoms with Gasteiger partial charge in [-0.3, -0.25) is 0 Å². The highest BCUT2D eigenvalue weighted by atomic mass is 35.5. The van der Waals surface area contributed by atoms with Gasteiger partial charge in [0.05, 0.1) is 0 Å². The molecule has 1 aromatic carbocycles. The Hall–Kier alpha value is -0.530. The van der Waals surface area contributed by atoms with Crippen LogP contribution in [0.25, 0.3) is 0 Å². The van der Waals surface area contributed by atoms with Gasteiger partial charge in [0.25, 0.3) is 0 Å². The van der Waals surface area contributed by atoms with Crippen LogP contribution in [0, 0.1) is 0 Å². The van der Waals surface area contributed by atoms with Gasteiger partial charge in [-0.15, -0.1) is 0 Å². The number of unbranched alkanes of at least 4 members (excludes halogenated alkanes) is 9. The van der Waals surface area contributed by atoms with E-state index in [1.807, 2.05) is 10.5 Å². The summed E-state index contributed by atoms with van der Waals surface area (Å²) in [7, 11) is 0. The van der Waals surface area contributed by atoms with Gasteiger partial charge in [0.1, 0.15) is 0 Å². The molecule has 0 fully saturated rings. The molecule has 0 spiro atoms. The fraction of sp³-hybridized carbons (Fsp3) is 0.684. The van der Waals surface area contributed by atoms with Crippen molar-refractivity contribution in [1.29, 1.82) is 0 Å². The van der Waals surface area contributed by atoms with Gasteiger partial charge in [0.15, 0.2) is 0 Å². The summed E-state index contributed by atoms with van der Waals surface area (Å²) < 4.78 is 1.92. The van der Waals surface area contributed by atoms with Gasteiger partial charge < -0.3 is 0 Å². The first kappa shape index (κ1) is 18.5. The van der Waals surface area contributed by atoms with Crippen LogP contribution in [0.5, 0.6) is 0 Å². The number of hydrogen-bond acceptors (Lipinski definition) is 1. The molecular weight excluding hydrogens is 278 g/mol. The molecule has 0 aliphatic heterocycles. The average Bonchev–Trinajstić information content (AvgIpc) is 2.50. The van der Waals surface area contributed by atoms with Gasteiger partial charge in [-0.25, -0.2) is 4.42 Å². The van der Waals surface area contributed by atoms with E-state index in [2.05, 4.69) is 31.2 Å². The Bertz CT molecular complexity index is 326. The molecule has 120 valence electrons. The zero-order valence-corrected chi connectivity index (χ0v) is 14.5. The highest BCUT2D eigenvalue weighted by Crippen LogP contribution is 2.12. The number of halogens is 1. The molecule has 0 aliphatic carbocycles. The topological polar surface area (TPSA) is 3.24 Å². The van der Waals surface area contributed by atoms with Crippen molar-refractivity contribution in [2.75, 3.05) is 6.54 Å². The zero-order chi connectivity index (χ0) is 15.2. The fourth-order valence-electron chi connectivity index (χ4n) is 2.63. The highest BCUT2D eigenvalue weighted by molar-refractivity contribution is 6.13. The van der Waals surface area contributed by atoms with E-state index in [1.54, 1.807) is 0 Å². The summed E-state index contributed by atoms with van der Waals surface area (Å²) in [4.78, 5) is 0. The van der Waals surface area contributed by atoms with E-state index in [9.17, 15) is 0 Å². The third-order valence-electron chi connectivity index (χ3n) is 3.95. The van der Waals surface area contributed by atoms with E-state index >= 15 is 0 Å². The first-order valence-electron chi connectivity index (χ1n) is 8.77. The van der Waals surface area contributed by atoms with Crippen molar-refractivity contribution in [2.45, 2.75) is 77.7 Å². The summed E-state index contributed by atoms with van der Waals surface area (Å²) in [5.41, 5.74) is 1.29. The highest BCUT2D eigenvalue weighted by Gasteiger charge is 2.01. The molecule has 0 bridgehead atoms. The van der Waals surface area contributed by atoms with Gasteiger partial charge >= 0.3 is 0 Å². The molecule has 0 radical (unpaired) electrons. The molecule has 1 nitrogen and oxygen atoms in total. The predicted molar refractivity (Wildman–Crippen MR) is 94.5 cm³/mol. The van der Waals surface area contributed by atoms with Crippen molar-refractivity contribution in [3.63, 3.8) is 0 Å². The SMILES string of the molecule is CCCCCCCCCCCCN(Cl)Cc1ccccc1. The number of nitrogens with zero attached hydrogens (tertiary/aromatic N) is 1. The molecule has 0 amide bonds. The Morgan fingerprint density at radius 2 is 1.29 bits per heavy atom. The van der Waals surface area contributed by atoms with E-state index < -0.39 is 0 Å². The van der Waals surface area contributed by atoms with Crippen LogP contribution >= 0.6 is 11.8 Å². The van der Waals surface area contributed by atoms with Crippen molar-refractivity contribution in [3.8, 4) is 0 Å². The molecule has 0 unspecified atom stereocenters. The van der Waals surface area contributed by atoms with E-state index in [4.69, 9.17) is 11.8 Å². The molecule has 1 rings (SSSR count). The molecule has 21 heavy (non-hydrogen) atoms. The quantitative estimate of drug-likeness (QED) is 0.294. The normalized spacial score (nSPS) is 11.2. The molecule has 2 heteroatoms. The average molecular weight is 310 g/mol. The predicted octanol–water partition coefficient (Wildman–Crippen LogP) is 6.56. The molecule has 0 atom stereocenters. The maximum atomic E-state index is 6.26. The second-order valence-corrected chi connectivity index (χ2v) is 6.49.